The molecule has 0 aromatic carbocycles. The van der Waals surface area contributed by atoms with E-state index in [1.165, 1.54) is 31.0 Å². The number of nitrogens with zero attached hydrogens (tertiary/aromatic N) is 3. The third-order valence-corrected chi connectivity index (χ3v) is 5.68. The van der Waals surface area contributed by atoms with Gasteiger partial charge >= 0.3 is 0 Å². The van der Waals surface area contributed by atoms with E-state index in [0.29, 0.717) is 23.3 Å². The van der Waals surface area contributed by atoms with Gasteiger partial charge in [0.25, 0.3) is 0 Å². The normalized spacial score (nSPS) is 25.0. The predicted octanol–water partition coefficient (Wildman–Crippen LogP) is 2.64. The third-order valence-electron chi connectivity index (χ3n) is 4.41. The second-order valence-corrected chi connectivity index (χ2v) is 7.03. The van der Waals surface area contributed by atoms with Gasteiger partial charge in [-0.25, -0.2) is 4.68 Å². The molecule has 2 fully saturated rings. The number of carbonyl (C=O) groups excluding carboxylic acids is 1. The first-order valence-corrected chi connectivity index (χ1v) is 8.53. The fraction of sp³-hybridized carbons (Fsp3) is 0.786. The van der Waals surface area contributed by atoms with Crippen molar-refractivity contribution in [1.82, 2.24) is 14.9 Å². The van der Waals surface area contributed by atoms with Gasteiger partial charge < -0.3 is 5.84 Å². The summed E-state index contributed by atoms with van der Waals surface area (Å²) in [4.78, 5) is 11.9. The fourth-order valence-corrected chi connectivity index (χ4v) is 4.29. The molecule has 1 aromatic heterocycles. The molecule has 0 saturated heterocycles. The number of nitrogens with two attached hydrogens (primary N) is 1. The minimum absolute atomic E-state index is 0.0226. The Morgan fingerprint density at radius 3 is 2.55 bits per heavy atom. The number of thioether (sulfide) groups is 1. The maximum Gasteiger partial charge on any atom is 0.210 e. The summed E-state index contributed by atoms with van der Waals surface area (Å²) in [6.07, 6.45) is 9.91. The largest absolute Gasteiger partial charge is 0.336 e. The molecule has 0 bridgehead atoms. The highest BCUT2D eigenvalue weighted by Crippen LogP contribution is 2.34. The van der Waals surface area contributed by atoms with Crippen molar-refractivity contribution in [3.05, 3.63) is 5.82 Å². The van der Waals surface area contributed by atoms with E-state index >= 15 is 0 Å². The van der Waals surface area contributed by atoms with Crippen LogP contribution in [0, 0.1) is 0 Å². The Labute approximate surface area is 123 Å². The first-order valence-electron chi connectivity index (χ1n) is 7.65. The van der Waals surface area contributed by atoms with Crippen LogP contribution >= 0.6 is 11.8 Å². The number of nitrogen functional groups attached to an aromatic ring is 1. The molecule has 5 nitrogen and oxygen atoms in total. The van der Waals surface area contributed by atoms with Crippen molar-refractivity contribution in [1.29, 1.82) is 0 Å². The Bertz CT molecular complexity index is 482. The van der Waals surface area contributed by atoms with Crippen LogP contribution in [0.3, 0.4) is 0 Å². The second-order valence-electron chi connectivity index (χ2n) is 5.86. The van der Waals surface area contributed by atoms with Crippen LogP contribution < -0.4 is 5.84 Å². The SMILES string of the molecule is Nn1c(S[C@@H]2CCCCC2=O)nnc1C1CCCCC1. The molecule has 2 saturated carbocycles. The lowest BCUT2D eigenvalue weighted by Gasteiger charge is -2.21. The van der Waals surface area contributed by atoms with Crippen LogP contribution in [0.1, 0.15) is 69.5 Å². The van der Waals surface area contributed by atoms with Gasteiger partial charge in [0, 0.05) is 12.3 Å². The quantitative estimate of drug-likeness (QED) is 0.867. The van der Waals surface area contributed by atoms with Gasteiger partial charge in [-0.1, -0.05) is 37.4 Å². The van der Waals surface area contributed by atoms with Crippen LogP contribution in [-0.4, -0.2) is 25.9 Å². The van der Waals surface area contributed by atoms with Gasteiger partial charge in [-0.2, -0.15) is 0 Å². The second kappa shape index (κ2) is 6.16. The lowest BCUT2D eigenvalue weighted by Crippen LogP contribution is -2.23. The molecule has 0 aliphatic heterocycles. The van der Waals surface area contributed by atoms with Crippen LogP contribution in [0.15, 0.2) is 5.16 Å². The Morgan fingerprint density at radius 2 is 1.80 bits per heavy atom. The molecule has 1 aromatic rings. The van der Waals surface area contributed by atoms with Crippen molar-refractivity contribution < 1.29 is 4.79 Å². The van der Waals surface area contributed by atoms with Gasteiger partial charge in [-0.3, -0.25) is 4.79 Å². The smallest absolute Gasteiger partial charge is 0.210 e. The number of aromatic nitrogens is 3. The molecule has 110 valence electrons. The number of rotatable bonds is 3. The van der Waals surface area contributed by atoms with Gasteiger partial charge in [0.1, 0.15) is 5.78 Å². The number of carbonyl (C=O) groups is 1. The topological polar surface area (TPSA) is 73.8 Å². The van der Waals surface area contributed by atoms with Crippen molar-refractivity contribution in [3.8, 4) is 0 Å². The molecular weight excluding hydrogens is 272 g/mol. The molecule has 20 heavy (non-hydrogen) atoms. The summed E-state index contributed by atoms with van der Waals surface area (Å²) >= 11 is 1.50. The average Bonchev–Trinajstić information content (AvgIpc) is 2.84. The molecule has 2 aliphatic carbocycles. The Hall–Kier alpha value is -1.04. The van der Waals surface area contributed by atoms with Crippen LogP contribution in [0.4, 0.5) is 0 Å². The molecule has 1 atom stereocenters. The molecule has 6 heteroatoms. The van der Waals surface area contributed by atoms with Crippen LogP contribution in [0.2, 0.25) is 0 Å². The molecular formula is C14H22N4OS. The summed E-state index contributed by atoms with van der Waals surface area (Å²) in [7, 11) is 0. The Kier molecular flexibility index (Phi) is 4.29. The zero-order valence-corrected chi connectivity index (χ0v) is 12.6. The summed E-state index contributed by atoms with van der Waals surface area (Å²) in [5.74, 6) is 7.83. The van der Waals surface area contributed by atoms with Crippen molar-refractivity contribution in [2.45, 2.75) is 74.1 Å². The van der Waals surface area contributed by atoms with Crippen molar-refractivity contribution >= 4 is 17.5 Å². The van der Waals surface area contributed by atoms with Crippen LogP contribution in [-0.2, 0) is 4.79 Å². The van der Waals surface area contributed by atoms with E-state index in [4.69, 9.17) is 5.84 Å². The molecule has 0 unspecified atom stereocenters. The monoisotopic (exact) mass is 294 g/mol. The van der Waals surface area contributed by atoms with Crippen molar-refractivity contribution in [2.24, 2.45) is 0 Å². The highest BCUT2D eigenvalue weighted by Gasteiger charge is 2.27. The van der Waals surface area contributed by atoms with Crippen molar-refractivity contribution in [3.63, 3.8) is 0 Å². The fourth-order valence-electron chi connectivity index (χ4n) is 3.21. The van der Waals surface area contributed by atoms with E-state index in [1.807, 2.05) is 0 Å². The summed E-state index contributed by atoms with van der Waals surface area (Å²) in [6, 6.07) is 0. The first-order chi connectivity index (χ1) is 9.75. The van der Waals surface area contributed by atoms with E-state index < -0.39 is 0 Å². The average molecular weight is 294 g/mol. The maximum absolute atomic E-state index is 11.9. The van der Waals surface area contributed by atoms with Crippen LogP contribution in [0.25, 0.3) is 0 Å². The number of hydrogen-bond donors (Lipinski definition) is 1. The Morgan fingerprint density at radius 1 is 1.05 bits per heavy atom. The molecule has 0 radical (unpaired) electrons. The lowest BCUT2D eigenvalue weighted by molar-refractivity contribution is -0.119. The zero-order chi connectivity index (χ0) is 13.9. The zero-order valence-electron chi connectivity index (χ0n) is 11.8. The van der Waals surface area contributed by atoms with E-state index in [9.17, 15) is 4.79 Å². The molecule has 2 N–H and O–H groups in total. The summed E-state index contributed by atoms with van der Waals surface area (Å²) < 4.78 is 1.63. The minimum Gasteiger partial charge on any atom is -0.336 e. The van der Waals surface area contributed by atoms with Gasteiger partial charge in [-0.15, -0.1) is 10.2 Å². The predicted molar refractivity (Wildman–Crippen MR) is 79.1 cm³/mol. The van der Waals surface area contributed by atoms with Gasteiger partial charge in [-0.05, 0) is 25.7 Å². The summed E-state index contributed by atoms with van der Waals surface area (Å²) in [5, 5.41) is 9.23. The standard InChI is InChI=1S/C14H22N4OS/c15-18-13(10-6-2-1-3-7-10)16-17-14(18)20-12-9-5-4-8-11(12)19/h10,12H,1-9,15H2/t12-/m1/s1. The number of ketones is 1. The number of hydrogen-bond acceptors (Lipinski definition) is 5. The molecule has 1 heterocycles. The summed E-state index contributed by atoms with van der Waals surface area (Å²) in [5.41, 5.74) is 0. The first kappa shape index (κ1) is 13.9. The maximum atomic E-state index is 11.9. The number of Topliss-reactive ketones (excluding diaryl/α,β-unsaturated/α-hetero) is 1. The minimum atomic E-state index is 0.0226. The highest BCUT2D eigenvalue weighted by atomic mass is 32.2. The lowest BCUT2D eigenvalue weighted by atomic mass is 9.89. The van der Waals surface area contributed by atoms with Gasteiger partial charge in [0.2, 0.25) is 5.16 Å². The van der Waals surface area contributed by atoms with Crippen LogP contribution in [0.5, 0.6) is 0 Å². The molecule has 0 spiro atoms. The van der Waals surface area contributed by atoms with Gasteiger partial charge in [0.05, 0.1) is 5.25 Å². The Balaban J connectivity index is 1.71. The summed E-state index contributed by atoms with van der Waals surface area (Å²) in [6.45, 7) is 0. The van der Waals surface area contributed by atoms with E-state index in [2.05, 4.69) is 10.2 Å². The molecule has 0 amide bonds. The molecule has 2 aliphatic rings. The van der Waals surface area contributed by atoms with E-state index in [1.54, 1.807) is 4.68 Å². The van der Waals surface area contributed by atoms with E-state index in [-0.39, 0.29) is 5.25 Å². The molecule has 3 rings (SSSR count). The highest BCUT2D eigenvalue weighted by molar-refractivity contribution is 8.00. The third kappa shape index (κ3) is 2.85. The van der Waals surface area contributed by atoms with Gasteiger partial charge in [0.15, 0.2) is 5.82 Å². The van der Waals surface area contributed by atoms with E-state index in [0.717, 1.165) is 37.9 Å². The van der Waals surface area contributed by atoms with Crippen molar-refractivity contribution in [2.75, 3.05) is 5.84 Å².